The number of alkyl halides is 5. The van der Waals surface area contributed by atoms with E-state index in [2.05, 4.69) is 36.0 Å². The first kappa shape index (κ1) is 36.0. The van der Waals surface area contributed by atoms with E-state index >= 15 is 0 Å². The molecule has 0 bridgehead atoms. The van der Waals surface area contributed by atoms with Gasteiger partial charge in [-0.25, -0.2) is 28.3 Å². The lowest BCUT2D eigenvalue weighted by molar-refractivity contribution is -0.0840. The molecule has 2 aromatic heterocycles. The van der Waals surface area contributed by atoms with Crippen LogP contribution in [0.15, 0.2) is 51.9 Å². The number of pyridine rings is 1. The number of aliphatic hydroxyl groups excluding tert-OH is 1. The van der Waals surface area contributed by atoms with Gasteiger partial charge in [-0.15, -0.1) is 0 Å². The average Bonchev–Trinajstić information content (AvgIpc) is 3.37. The number of anilines is 1. The molecule has 11 nitrogen and oxygen atoms in total. The van der Waals surface area contributed by atoms with E-state index in [1.165, 1.54) is 30.5 Å². The molecule has 4 N–H and O–H groups in total. The quantitative estimate of drug-likeness (QED) is 0.0445. The van der Waals surface area contributed by atoms with Gasteiger partial charge in [0.1, 0.15) is 11.9 Å². The zero-order chi connectivity index (χ0) is 33.7. The summed E-state index contributed by atoms with van der Waals surface area (Å²) in [5, 5.41) is 27.0. The summed E-state index contributed by atoms with van der Waals surface area (Å²) in [5.41, 5.74) is 0.750. The molecule has 3 rings (SSSR count). The number of nitrogens with one attached hydrogen (secondary N) is 3. The Morgan fingerprint density at radius 1 is 1.11 bits per heavy atom. The third kappa shape index (κ3) is 9.07. The fourth-order valence-electron chi connectivity index (χ4n) is 3.73. The number of hydrogen-bond donors (Lipinski definition) is 4. The Morgan fingerprint density at radius 3 is 2.40 bits per heavy atom. The van der Waals surface area contributed by atoms with E-state index < -0.39 is 48.6 Å². The minimum Gasteiger partial charge on any atom is -0.374 e. The molecule has 0 aliphatic heterocycles. The van der Waals surface area contributed by atoms with Crippen molar-refractivity contribution < 1.29 is 31.9 Å². The van der Waals surface area contributed by atoms with Crippen LogP contribution in [-0.4, -0.2) is 62.7 Å². The molecule has 244 valence electrons. The largest absolute Gasteiger partial charge is 0.374 e. The number of amides is 1. The van der Waals surface area contributed by atoms with Crippen molar-refractivity contribution in [3.63, 3.8) is 0 Å². The molecule has 0 saturated carbocycles. The molecule has 0 aliphatic rings. The SMILES string of the molecule is CN=NNC(=NCc1cc(C(=O)Nc2c(Cl)cc(Cl)cc2C(O)NC(C)(C)C)n(-c2ncccc2Cl)n1)C(F)(F)C(F)C(F)F. The van der Waals surface area contributed by atoms with Crippen molar-refractivity contribution in [1.82, 2.24) is 25.5 Å². The summed E-state index contributed by atoms with van der Waals surface area (Å²) in [6.45, 7) is 4.61. The van der Waals surface area contributed by atoms with Gasteiger partial charge < -0.3 is 10.4 Å². The van der Waals surface area contributed by atoms with Crippen molar-refractivity contribution in [2.45, 2.75) is 57.6 Å². The molecule has 2 atom stereocenters. The van der Waals surface area contributed by atoms with Gasteiger partial charge in [-0.2, -0.15) is 19.0 Å². The number of carbonyl (C=O) groups is 1. The Balaban J connectivity index is 2.09. The summed E-state index contributed by atoms with van der Waals surface area (Å²) in [5.74, 6) is -7.28. The maximum atomic E-state index is 14.5. The number of amidine groups is 1. The molecule has 2 heterocycles. The van der Waals surface area contributed by atoms with E-state index in [9.17, 15) is 31.9 Å². The van der Waals surface area contributed by atoms with E-state index in [0.717, 1.165) is 17.8 Å². The predicted molar refractivity (Wildman–Crippen MR) is 160 cm³/mol. The lowest BCUT2D eigenvalue weighted by Crippen LogP contribution is -2.48. The highest BCUT2D eigenvalue weighted by molar-refractivity contribution is 6.37. The maximum absolute atomic E-state index is 14.5. The van der Waals surface area contributed by atoms with E-state index in [0.29, 0.717) is 0 Å². The van der Waals surface area contributed by atoms with Crippen LogP contribution < -0.4 is 16.1 Å². The van der Waals surface area contributed by atoms with Crippen molar-refractivity contribution in [3.05, 3.63) is 68.5 Å². The lowest BCUT2D eigenvalue weighted by atomic mass is 10.1. The standard InChI is InChI=1S/C26H27Cl3F5N9O2/c1-25(2,3)39-22(44)14-8-12(27)9-16(29)18(14)38-23(45)17-10-13(41-43(17)21-15(28)6-5-7-36-21)11-37-24(40-42-35-4)26(33,34)19(30)20(31)32/h5-10,19-20,22,39,44H,11H2,1-4H3,(H,38,45)(H,35,37,40). The number of aromatic nitrogens is 3. The van der Waals surface area contributed by atoms with Crippen LogP contribution >= 0.6 is 34.8 Å². The Labute approximate surface area is 268 Å². The van der Waals surface area contributed by atoms with Crippen LogP contribution in [0.2, 0.25) is 15.1 Å². The topological polar surface area (TPSA) is 141 Å². The highest BCUT2D eigenvalue weighted by Crippen LogP contribution is 2.35. The molecule has 0 aliphatic carbocycles. The molecule has 45 heavy (non-hydrogen) atoms. The zero-order valence-corrected chi connectivity index (χ0v) is 26.2. The van der Waals surface area contributed by atoms with Gasteiger partial charge in [0.05, 0.1) is 35.0 Å². The Hall–Kier alpha value is -3.44. The third-order valence-corrected chi connectivity index (χ3v) is 6.47. The first-order valence-corrected chi connectivity index (χ1v) is 13.9. The molecule has 19 heteroatoms. The molecule has 0 spiro atoms. The van der Waals surface area contributed by atoms with Crippen LogP contribution in [0.5, 0.6) is 0 Å². The molecule has 0 saturated heterocycles. The van der Waals surface area contributed by atoms with E-state index in [-0.39, 0.29) is 43.5 Å². The summed E-state index contributed by atoms with van der Waals surface area (Å²) in [6, 6.07) is 6.78. The van der Waals surface area contributed by atoms with Gasteiger partial charge >= 0.3 is 5.92 Å². The van der Waals surface area contributed by atoms with E-state index in [1.807, 2.05) is 0 Å². The van der Waals surface area contributed by atoms with Gasteiger partial charge in [0.15, 0.2) is 11.7 Å². The van der Waals surface area contributed by atoms with Crippen molar-refractivity contribution in [3.8, 4) is 5.82 Å². The molecule has 0 radical (unpaired) electrons. The van der Waals surface area contributed by atoms with Crippen LogP contribution in [0.3, 0.4) is 0 Å². The molecular formula is C26H27Cl3F5N9O2. The number of aliphatic hydroxyl groups is 1. The van der Waals surface area contributed by atoms with Crippen molar-refractivity contribution >= 4 is 52.2 Å². The average molecular weight is 699 g/mol. The molecule has 2 unspecified atom stereocenters. The van der Waals surface area contributed by atoms with Crippen LogP contribution in [0.25, 0.3) is 5.82 Å². The molecule has 1 amide bonds. The highest BCUT2D eigenvalue weighted by atomic mass is 35.5. The Kier molecular flexibility index (Phi) is 11.8. The van der Waals surface area contributed by atoms with Gasteiger partial charge in [0, 0.05) is 22.3 Å². The monoisotopic (exact) mass is 697 g/mol. The second-order valence-electron chi connectivity index (χ2n) is 10.3. The number of nitrogens with zero attached hydrogens (tertiary/aromatic N) is 6. The van der Waals surface area contributed by atoms with Crippen molar-refractivity contribution in [2.75, 3.05) is 12.4 Å². The number of halogens is 8. The molecule has 1 aromatic carbocycles. The Morgan fingerprint density at radius 2 is 1.80 bits per heavy atom. The summed E-state index contributed by atoms with van der Waals surface area (Å²) in [6.07, 6.45) is -7.94. The molecular weight excluding hydrogens is 672 g/mol. The molecule has 3 aromatic rings. The number of hydrogen-bond acceptors (Lipinski definition) is 8. The van der Waals surface area contributed by atoms with E-state index in [1.54, 1.807) is 26.2 Å². The maximum Gasteiger partial charge on any atom is 0.341 e. The highest BCUT2D eigenvalue weighted by Gasteiger charge is 2.51. The van der Waals surface area contributed by atoms with Crippen LogP contribution in [-0.2, 0) is 6.54 Å². The third-order valence-electron chi connectivity index (χ3n) is 5.66. The second-order valence-corrected chi connectivity index (χ2v) is 11.5. The second kappa shape index (κ2) is 14.8. The number of benzene rings is 1. The normalized spacial score (nSPS) is 14.2. The van der Waals surface area contributed by atoms with Gasteiger partial charge in [0.25, 0.3) is 12.3 Å². The first-order chi connectivity index (χ1) is 21.0. The van der Waals surface area contributed by atoms with Gasteiger partial charge in [-0.3, -0.25) is 15.1 Å². The van der Waals surface area contributed by atoms with Crippen molar-refractivity contribution in [2.24, 2.45) is 15.3 Å². The number of carbonyl (C=O) groups excluding carboxylic acids is 1. The van der Waals surface area contributed by atoms with Gasteiger partial charge in [0.2, 0.25) is 6.17 Å². The fraction of sp³-hybridized carbons (Fsp3) is 0.385. The lowest BCUT2D eigenvalue weighted by Gasteiger charge is -2.27. The van der Waals surface area contributed by atoms with Gasteiger partial charge in [-0.05, 0) is 51.1 Å². The summed E-state index contributed by atoms with van der Waals surface area (Å²) >= 11 is 18.8. The predicted octanol–water partition coefficient (Wildman–Crippen LogP) is 6.58. The van der Waals surface area contributed by atoms with E-state index in [4.69, 9.17) is 34.8 Å². The fourth-order valence-corrected chi connectivity index (χ4v) is 4.49. The molecule has 0 fully saturated rings. The summed E-state index contributed by atoms with van der Waals surface area (Å²) < 4.78 is 69.4. The number of rotatable bonds is 11. The smallest absolute Gasteiger partial charge is 0.341 e. The number of aliphatic imine (C=N–C) groups is 1. The summed E-state index contributed by atoms with van der Waals surface area (Å²) in [4.78, 5) is 21.3. The van der Waals surface area contributed by atoms with Crippen LogP contribution in [0.4, 0.5) is 27.6 Å². The first-order valence-electron chi connectivity index (χ1n) is 12.8. The van der Waals surface area contributed by atoms with Gasteiger partial charge in [-0.1, -0.05) is 40.0 Å². The van der Waals surface area contributed by atoms with Crippen molar-refractivity contribution in [1.29, 1.82) is 0 Å². The van der Waals surface area contributed by atoms with Crippen LogP contribution in [0, 0.1) is 0 Å². The summed E-state index contributed by atoms with van der Waals surface area (Å²) in [7, 11) is 1.09. The minimum absolute atomic E-state index is 0.0215. The Bertz CT molecular complexity index is 1580. The zero-order valence-electron chi connectivity index (χ0n) is 24.0. The van der Waals surface area contributed by atoms with Crippen LogP contribution in [0.1, 0.15) is 48.7 Å². The minimum atomic E-state index is -4.79.